The van der Waals surface area contributed by atoms with Gasteiger partial charge < -0.3 is 10.6 Å². The van der Waals surface area contributed by atoms with Crippen molar-refractivity contribution in [1.29, 1.82) is 0 Å². The first-order valence-corrected chi connectivity index (χ1v) is 6.68. The zero-order valence-corrected chi connectivity index (χ0v) is 11.0. The number of para-hydroxylation sites is 1. The Labute approximate surface area is 115 Å². The molecule has 1 fully saturated rings. The van der Waals surface area contributed by atoms with Crippen molar-refractivity contribution in [3.05, 3.63) is 30.0 Å². The molecule has 1 aliphatic heterocycles. The predicted octanol–water partition coefficient (Wildman–Crippen LogP) is 0.900. The molecule has 2 heterocycles. The fourth-order valence-corrected chi connectivity index (χ4v) is 2.67. The minimum Gasteiger partial charge on any atom is -0.369 e. The van der Waals surface area contributed by atoms with E-state index < -0.39 is 0 Å². The smallest absolute Gasteiger partial charge is 0.275 e. The molecule has 6 heteroatoms. The van der Waals surface area contributed by atoms with Crippen molar-refractivity contribution in [3.8, 4) is 0 Å². The summed E-state index contributed by atoms with van der Waals surface area (Å²) in [6.45, 7) is 1.03. The number of aromatic amines is 1. The number of nitrogens with zero attached hydrogens (tertiary/aromatic N) is 2. The number of hydrogen-bond acceptors (Lipinski definition) is 3. The van der Waals surface area contributed by atoms with Gasteiger partial charge in [-0.15, -0.1) is 0 Å². The van der Waals surface area contributed by atoms with Crippen LogP contribution in [0.4, 0.5) is 0 Å². The number of hydrogen-bond donors (Lipinski definition) is 2. The number of carbonyl (C=O) groups excluding carboxylic acids is 2. The maximum absolute atomic E-state index is 12.5. The van der Waals surface area contributed by atoms with Gasteiger partial charge in [-0.25, -0.2) is 0 Å². The van der Waals surface area contributed by atoms with Crippen molar-refractivity contribution in [1.82, 2.24) is 15.1 Å². The third-order valence-corrected chi connectivity index (χ3v) is 3.78. The molecule has 2 aromatic rings. The second kappa shape index (κ2) is 4.96. The fourth-order valence-electron chi connectivity index (χ4n) is 2.67. The van der Waals surface area contributed by atoms with Crippen LogP contribution in [0, 0.1) is 5.92 Å². The first-order valence-electron chi connectivity index (χ1n) is 6.68. The van der Waals surface area contributed by atoms with Gasteiger partial charge in [0.25, 0.3) is 5.91 Å². The lowest BCUT2D eigenvalue weighted by Gasteiger charge is -2.30. The summed E-state index contributed by atoms with van der Waals surface area (Å²) in [5.41, 5.74) is 6.58. The van der Waals surface area contributed by atoms with Gasteiger partial charge in [-0.3, -0.25) is 14.7 Å². The number of primary amides is 1. The zero-order valence-electron chi connectivity index (χ0n) is 11.0. The van der Waals surface area contributed by atoms with Gasteiger partial charge in [0.2, 0.25) is 5.91 Å². The first-order chi connectivity index (χ1) is 9.66. The fraction of sp³-hybridized carbons (Fsp3) is 0.357. The molecular weight excluding hydrogens is 256 g/mol. The molecule has 0 bridgehead atoms. The van der Waals surface area contributed by atoms with E-state index in [-0.39, 0.29) is 17.7 Å². The first kappa shape index (κ1) is 12.7. The monoisotopic (exact) mass is 272 g/mol. The Hall–Kier alpha value is -2.37. The molecule has 2 amide bonds. The number of nitrogens with one attached hydrogen (secondary N) is 1. The lowest BCUT2D eigenvalue weighted by Crippen LogP contribution is -2.44. The molecule has 6 nitrogen and oxygen atoms in total. The van der Waals surface area contributed by atoms with Crippen molar-refractivity contribution in [2.45, 2.75) is 12.8 Å². The highest BCUT2D eigenvalue weighted by Gasteiger charge is 2.29. The van der Waals surface area contributed by atoms with Crippen LogP contribution in [0.25, 0.3) is 10.9 Å². The quantitative estimate of drug-likeness (QED) is 0.850. The topological polar surface area (TPSA) is 92.1 Å². The lowest BCUT2D eigenvalue weighted by molar-refractivity contribution is -0.123. The summed E-state index contributed by atoms with van der Waals surface area (Å²) < 4.78 is 0. The average molecular weight is 272 g/mol. The number of likely N-dealkylation sites (tertiary alicyclic amines) is 1. The maximum Gasteiger partial charge on any atom is 0.275 e. The molecule has 3 rings (SSSR count). The molecule has 104 valence electrons. The summed E-state index contributed by atoms with van der Waals surface area (Å²) in [6, 6.07) is 7.50. The number of benzene rings is 1. The van der Waals surface area contributed by atoms with Crippen molar-refractivity contribution in [2.24, 2.45) is 11.7 Å². The summed E-state index contributed by atoms with van der Waals surface area (Å²) in [5, 5.41) is 7.77. The third kappa shape index (κ3) is 2.13. The Kier molecular flexibility index (Phi) is 3.14. The number of H-pyrrole nitrogens is 1. The number of fused-ring (bicyclic) bond motifs is 1. The van der Waals surface area contributed by atoms with Gasteiger partial charge in [0.1, 0.15) is 0 Å². The Balaban J connectivity index is 1.87. The zero-order chi connectivity index (χ0) is 14.1. The second-order valence-corrected chi connectivity index (χ2v) is 5.11. The van der Waals surface area contributed by atoms with Gasteiger partial charge in [-0.1, -0.05) is 18.2 Å². The second-order valence-electron chi connectivity index (χ2n) is 5.11. The van der Waals surface area contributed by atoms with Crippen LogP contribution in [-0.4, -0.2) is 40.0 Å². The number of rotatable bonds is 2. The molecule has 0 aliphatic carbocycles. The molecule has 0 unspecified atom stereocenters. The van der Waals surface area contributed by atoms with Gasteiger partial charge >= 0.3 is 0 Å². The number of piperidine rings is 1. The summed E-state index contributed by atoms with van der Waals surface area (Å²) in [5.74, 6) is -0.735. The van der Waals surface area contributed by atoms with Crippen LogP contribution in [-0.2, 0) is 4.79 Å². The largest absolute Gasteiger partial charge is 0.369 e. The van der Waals surface area contributed by atoms with E-state index in [2.05, 4.69) is 10.2 Å². The van der Waals surface area contributed by atoms with E-state index in [9.17, 15) is 9.59 Å². The highest BCUT2D eigenvalue weighted by Crippen LogP contribution is 2.21. The van der Waals surface area contributed by atoms with Crippen LogP contribution < -0.4 is 5.73 Å². The van der Waals surface area contributed by atoms with Crippen LogP contribution >= 0.6 is 0 Å². The molecule has 1 aromatic heterocycles. The van der Waals surface area contributed by atoms with Gasteiger partial charge in [0, 0.05) is 18.5 Å². The van der Waals surface area contributed by atoms with E-state index in [4.69, 9.17) is 5.73 Å². The normalized spacial score (nSPS) is 19.2. The summed E-state index contributed by atoms with van der Waals surface area (Å²) in [7, 11) is 0. The van der Waals surface area contributed by atoms with E-state index in [1.807, 2.05) is 24.3 Å². The van der Waals surface area contributed by atoms with Gasteiger partial charge in [-0.05, 0) is 18.9 Å². The van der Waals surface area contributed by atoms with Crippen LogP contribution in [0.5, 0.6) is 0 Å². The Morgan fingerprint density at radius 1 is 1.35 bits per heavy atom. The molecule has 3 N–H and O–H groups in total. The van der Waals surface area contributed by atoms with Gasteiger partial charge in [0.15, 0.2) is 5.69 Å². The maximum atomic E-state index is 12.5. The molecule has 1 saturated heterocycles. The van der Waals surface area contributed by atoms with Crippen LogP contribution in [0.3, 0.4) is 0 Å². The number of carbonyl (C=O) groups is 2. The van der Waals surface area contributed by atoms with E-state index >= 15 is 0 Å². The molecule has 20 heavy (non-hydrogen) atoms. The number of amides is 2. The summed E-state index contributed by atoms with van der Waals surface area (Å²) in [4.78, 5) is 25.5. The van der Waals surface area contributed by atoms with Gasteiger partial charge in [0.05, 0.1) is 11.4 Å². The van der Waals surface area contributed by atoms with E-state index in [1.54, 1.807) is 4.90 Å². The molecule has 0 saturated carbocycles. The van der Waals surface area contributed by atoms with E-state index in [0.29, 0.717) is 18.8 Å². The third-order valence-electron chi connectivity index (χ3n) is 3.78. The lowest BCUT2D eigenvalue weighted by atomic mass is 9.97. The summed E-state index contributed by atoms with van der Waals surface area (Å²) in [6.07, 6.45) is 1.54. The van der Waals surface area contributed by atoms with Crippen molar-refractivity contribution < 1.29 is 9.59 Å². The molecule has 1 atom stereocenters. The Bertz CT molecular complexity index is 664. The number of nitrogens with two attached hydrogens (primary N) is 1. The molecule has 1 aromatic carbocycles. The van der Waals surface area contributed by atoms with Crippen molar-refractivity contribution in [2.75, 3.05) is 13.1 Å². The van der Waals surface area contributed by atoms with Crippen LogP contribution in [0.1, 0.15) is 23.3 Å². The predicted molar refractivity (Wildman–Crippen MR) is 73.9 cm³/mol. The average Bonchev–Trinajstić information content (AvgIpc) is 2.90. The van der Waals surface area contributed by atoms with Crippen molar-refractivity contribution >= 4 is 22.7 Å². The Morgan fingerprint density at radius 2 is 2.15 bits per heavy atom. The van der Waals surface area contributed by atoms with E-state index in [1.165, 1.54) is 0 Å². The standard InChI is InChI=1S/C14H16N4O2/c15-13(19)9-4-3-7-18(8-9)14(20)12-10-5-1-2-6-11(10)16-17-12/h1-2,5-6,9H,3-4,7-8H2,(H2,15,19)(H,16,17)/t9-/m0/s1. The van der Waals surface area contributed by atoms with Crippen LogP contribution in [0.15, 0.2) is 24.3 Å². The summed E-state index contributed by atoms with van der Waals surface area (Å²) >= 11 is 0. The molecule has 0 spiro atoms. The highest BCUT2D eigenvalue weighted by molar-refractivity contribution is 6.04. The molecule has 0 radical (unpaired) electrons. The van der Waals surface area contributed by atoms with Gasteiger partial charge in [-0.2, -0.15) is 5.10 Å². The number of aromatic nitrogens is 2. The molecule has 1 aliphatic rings. The van der Waals surface area contributed by atoms with E-state index in [0.717, 1.165) is 23.7 Å². The SMILES string of the molecule is NC(=O)[C@H]1CCCN(C(=O)c2n[nH]c3ccccc23)C1. The minimum absolute atomic E-state index is 0.145. The van der Waals surface area contributed by atoms with Crippen LogP contribution in [0.2, 0.25) is 0 Å². The highest BCUT2D eigenvalue weighted by atomic mass is 16.2. The van der Waals surface area contributed by atoms with Crippen molar-refractivity contribution in [3.63, 3.8) is 0 Å². The minimum atomic E-state index is -0.339. The molecular formula is C14H16N4O2. The Morgan fingerprint density at radius 3 is 2.95 bits per heavy atom.